The maximum absolute atomic E-state index is 12.3. The fourth-order valence-corrected chi connectivity index (χ4v) is 6.93. The van der Waals surface area contributed by atoms with Crippen LogP contribution in [-0.2, 0) is 9.53 Å². The van der Waals surface area contributed by atoms with Gasteiger partial charge in [-0.1, -0.05) is 33.3 Å². The maximum atomic E-state index is 12.3. The number of esters is 1. The van der Waals surface area contributed by atoms with E-state index in [1.807, 2.05) is 19.0 Å². The molecule has 0 radical (unpaired) electrons. The van der Waals surface area contributed by atoms with Crippen molar-refractivity contribution in [2.75, 3.05) is 27.2 Å². The van der Waals surface area contributed by atoms with E-state index < -0.39 is 0 Å². The number of aliphatic hydroxyl groups excluding tert-OH is 2. The lowest BCUT2D eigenvalue weighted by Crippen LogP contribution is -2.61. The van der Waals surface area contributed by atoms with E-state index in [0.717, 1.165) is 44.2 Å². The van der Waals surface area contributed by atoms with Crippen molar-refractivity contribution in [2.45, 2.75) is 72.0 Å². The summed E-state index contributed by atoms with van der Waals surface area (Å²) in [4.78, 5) is 14.3. The SMILES string of the molecule is C[C@H]1/C(=C/C(=O)OCCN(C)C)CC[C@H]2C1[C@@H](O)C[C@H]1C(C)(C)[C@@H](O)CC[C@]21C. The van der Waals surface area contributed by atoms with Gasteiger partial charge in [0.1, 0.15) is 6.61 Å². The zero-order chi connectivity index (χ0) is 21.6. The molecule has 0 aliphatic heterocycles. The van der Waals surface area contributed by atoms with Crippen molar-refractivity contribution in [1.82, 2.24) is 4.90 Å². The molecular formula is C24H41NO4. The van der Waals surface area contributed by atoms with Crippen LogP contribution < -0.4 is 0 Å². The minimum atomic E-state index is -0.383. The maximum Gasteiger partial charge on any atom is 0.330 e. The second kappa shape index (κ2) is 8.32. The van der Waals surface area contributed by atoms with E-state index in [2.05, 4.69) is 27.7 Å². The van der Waals surface area contributed by atoms with Gasteiger partial charge in [0.25, 0.3) is 0 Å². The summed E-state index contributed by atoms with van der Waals surface area (Å²) in [5, 5.41) is 21.8. The number of ether oxygens (including phenoxy) is 1. The Balaban J connectivity index is 1.77. The normalized spacial score (nSPS) is 43.0. The summed E-state index contributed by atoms with van der Waals surface area (Å²) in [6.45, 7) is 10.0. The van der Waals surface area contributed by atoms with Gasteiger partial charge >= 0.3 is 5.97 Å². The van der Waals surface area contributed by atoms with E-state index in [0.29, 0.717) is 18.4 Å². The first-order chi connectivity index (χ1) is 13.5. The average molecular weight is 408 g/mol. The summed E-state index contributed by atoms with van der Waals surface area (Å²) >= 11 is 0. The number of hydrogen-bond acceptors (Lipinski definition) is 5. The zero-order valence-electron chi connectivity index (χ0n) is 19.1. The summed E-state index contributed by atoms with van der Waals surface area (Å²) in [5.74, 6) is 0.849. The molecule has 0 saturated heterocycles. The Morgan fingerprint density at radius 2 is 1.93 bits per heavy atom. The second-order valence-corrected chi connectivity index (χ2v) is 10.9. The van der Waals surface area contributed by atoms with Crippen molar-refractivity contribution in [2.24, 2.45) is 34.5 Å². The van der Waals surface area contributed by atoms with Gasteiger partial charge in [0.15, 0.2) is 0 Å². The van der Waals surface area contributed by atoms with Crippen LogP contribution in [0.15, 0.2) is 11.6 Å². The van der Waals surface area contributed by atoms with Crippen molar-refractivity contribution in [3.05, 3.63) is 11.6 Å². The number of allylic oxidation sites excluding steroid dienone is 1. The van der Waals surface area contributed by atoms with Gasteiger partial charge in [0.05, 0.1) is 12.2 Å². The third-order valence-electron chi connectivity index (χ3n) is 8.73. The molecular weight excluding hydrogens is 366 g/mol. The van der Waals surface area contributed by atoms with Gasteiger partial charge in [0, 0.05) is 12.6 Å². The Bertz CT molecular complexity index is 643. The van der Waals surface area contributed by atoms with Crippen molar-refractivity contribution < 1.29 is 19.7 Å². The number of carbonyl (C=O) groups is 1. The predicted molar refractivity (Wildman–Crippen MR) is 114 cm³/mol. The molecule has 0 aromatic carbocycles. The summed E-state index contributed by atoms with van der Waals surface area (Å²) in [7, 11) is 3.92. The molecule has 3 aliphatic rings. The van der Waals surface area contributed by atoms with Gasteiger partial charge in [-0.05, 0) is 80.7 Å². The third kappa shape index (κ3) is 4.15. The Morgan fingerprint density at radius 3 is 2.59 bits per heavy atom. The van der Waals surface area contributed by atoms with Gasteiger partial charge in [-0.15, -0.1) is 0 Å². The Morgan fingerprint density at radius 1 is 1.24 bits per heavy atom. The lowest BCUT2D eigenvalue weighted by Gasteiger charge is -2.64. The van der Waals surface area contributed by atoms with Gasteiger partial charge in [-0.2, -0.15) is 0 Å². The van der Waals surface area contributed by atoms with Crippen LogP contribution in [0.1, 0.15) is 59.8 Å². The zero-order valence-corrected chi connectivity index (χ0v) is 19.1. The van der Waals surface area contributed by atoms with Crippen LogP contribution in [0.4, 0.5) is 0 Å². The molecule has 7 atom stereocenters. The lowest BCUT2D eigenvalue weighted by atomic mass is 9.42. The summed E-state index contributed by atoms with van der Waals surface area (Å²) in [6, 6.07) is 0. The molecule has 0 aromatic heterocycles. The van der Waals surface area contributed by atoms with E-state index in [4.69, 9.17) is 4.74 Å². The number of rotatable bonds is 4. The van der Waals surface area contributed by atoms with E-state index in [1.54, 1.807) is 6.08 Å². The van der Waals surface area contributed by atoms with Gasteiger partial charge in [0.2, 0.25) is 0 Å². The molecule has 0 bridgehead atoms. The highest BCUT2D eigenvalue weighted by atomic mass is 16.5. The predicted octanol–water partition coefficient (Wildman–Crippen LogP) is 3.25. The lowest BCUT2D eigenvalue weighted by molar-refractivity contribution is -0.190. The van der Waals surface area contributed by atoms with Crippen LogP contribution in [0.2, 0.25) is 0 Å². The van der Waals surface area contributed by atoms with Crippen LogP contribution in [-0.4, -0.2) is 60.5 Å². The van der Waals surface area contributed by atoms with Crippen molar-refractivity contribution in [3.63, 3.8) is 0 Å². The standard InChI is InChI=1S/C24H41NO4/c1-15-16(13-21(28)29-12-11-25(5)6)7-8-17-22(15)18(26)14-19-23(2,3)20(27)9-10-24(17,19)4/h13,15,17-20,22,26-27H,7-12,14H2,1-6H3/b16-13+/t15-,17-,18-,19-,20-,22?,24+/m0/s1. The highest BCUT2D eigenvalue weighted by Crippen LogP contribution is 2.64. The molecule has 5 nitrogen and oxygen atoms in total. The van der Waals surface area contributed by atoms with Gasteiger partial charge < -0.3 is 19.8 Å². The summed E-state index contributed by atoms with van der Waals surface area (Å²) in [6.07, 6.45) is 5.51. The largest absolute Gasteiger partial charge is 0.461 e. The fourth-order valence-electron chi connectivity index (χ4n) is 6.93. The molecule has 0 heterocycles. The monoisotopic (exact) mass is 407 g/mol. The molecule has 0 spiro atoms. The average Bonchev–Trinajstić information content (AvgIpc) is 2.63. The molecule has 1 unspecified atom stereocenters. The topological polar surface area (TPSA) is 70.0 Å². The smallest absolute Gasteiger partial charge is 0.330 e. The van der Waals surface area contributed by atoms with Gasteiger partial charge in [-0.25, -0.2) is 4.79 Å². The molecule has 3 fully saturated rings. The van der Waals surface area contributed by atoms with E-state index in [1.165, 1.54) is 0 Å². The van der Waals surface area contributed by atoms with Crippen LogP contribution >= 0.6 is 0 Å². The van der Waals surface area contributed by atoms with Crippen LogP contribution in [0.25, 0.3) is 0 Å². The molecule has 166 valence electrons. The number of aliphatic hydroxyl groups is 2. The summed E-state index contributed by atoms with van der Waals surface area (Å²) < 4.78 is 5.36. The Labute approximate surface area is 176 Å². The summed E-state index contributed by atoms with van der Waals surface area (Å²) in [5.41, 5.74) is 1.09. The highest BCUT2D eigenvalue weighted by molar-refractivity contribution is 5.83. The number of carbonyl (C=O) groups excluding carboxylic acids is 1. The van der Waals surface area contributed by atoms with Crippen molar-refractivity contribution >= 4 is 5.97 Å². The first-order valence-corrected chi connectivity index (χ1v) is 11.4. The second-order valence-electron chi connectivity index (χ2n) is 10.9. The number of likely N-dealkylation sites (N-methyl/N-ethyl adjacent to an activating group) is 1. The highest BCUT2D eigenvalue weighted by Gasteiger charge is 2.60. The minimum absolute atomic E-state index is 0.138. The third-order valence-corrected chi connectivity index (χ3v) is 8.73. The molecule has 29 heavy (non-hydrogen) atoms. The van der Waals surface area contributed by atoms with Crippen LogP contribution in [0.5, 0.6) is 0 Å². The molecule has 3 saturated carbocycles. The van der Waals surface area contributed by atoms with Crippen LogP contribution in [0.3, 0.4) is 0 Å². The minimum Gasteiger partial charge on any atom is -0.461 e. The Hall–Kier alpha value is -0.910. The first-order valence-electron chi connectivity index (χ1n) is 11.4. The van der Waals surface area contributed by atoms with Gasteiger partial charge in [-0.3, -0.25) is 0 Å². The number of hydrogen-bond donors (Lipinski definition) is 2. The van der Waals surface area contributed by atoms with Crippen molar-refractivity contribution in [1.29, 1.82) is 0 Å². The fraction of sp³-hybridized carbons (Fsp3) is 0.875. The molecule has 0 aromatic rings. The molecule has 5 heteroatoms. The van der Waals surface area contributed by atoms with E-state index in [-0.39, 0.29) is 40.8 Å². The van der Waals surface area contributed by atoms with E-state index >= 15 is 0 Å². The first kappa shape index (κ1) is 22.8. The molecule has 0 amide bonds. The van der Waals surface area contributed by atoms with Crippen LogP contribution in [0, 0.1) is 34.5 Å². The van der Waals surface area contributed by atoms with E-state index in [9.17, 15) is 15.0 Å². The van der Waals surface area contributed by atoms with Crippen molar-refractivity contribution in [3.8, 4) is 0 Å². The molecule has 3 rings (SSSR count). The number of fused-ring (bicyclic) bond motifs is 3. The molecule has 2 N–H and O–H groups in total. The number of nitrogens with zero attached hydrogens (tertiary/aromatic N) is 1. The molecule has 3 aliphatic carbocycles. The Kier molecular flexibility index (Phi) is 6.53. The quantitative estimate of drug-likeness (QED) is 0.553.